The third kappa shape index (κ3) is 2.37. The molecule has 0 aliphatic heterocycles. The number of benzene rings is 2. The Morgan fingerprint density at radius 1 is 1.11 bits per heavy atom. The molecule has 0 radical (unpaired) electrons. The molecule has 0 saturated heterocycles. The van der Waals surface area contributed by atoms with Crippen molar-refractivity contribution in [1.82, 2.24) is 9.97 Å². The van der Waals surface area contributed by atoms with Crippen LogP contribution in [0.25, 0.3) is 22.0 Å². The van der Waals surface area contributed by atoms with E-state index in [-0.39, 0.29) is 0 Å². The van der Waals surface area contributed by atoms with Crippen molar-refractivity contribution in [3.8, 4) is 11.3 Å². The lowest BCUT2D eigenvalue weighted by Gasteiger charge is -2.05. The Balaban J connectivity index is 2.01. The lowest BCUT2D eigenvalue weighted by molar-refractivity contribution is 0.132. The summed E-state index contributed by atoms with van der Waals surface area (Å²) in [6.07, 6.45) is 1.72. The molecule has 0 fully saturated rings. The van der Waals surface area contributed by atoms with Crippen molar-refractivity contribution in [2.45, 2.75) is 13.5 Å². The van der Waals surface area contributed by atoms with E-state index in [9.17, 15) is 0 Å². The third-order valence-corrected chi connectivity index (χ3v) is 3.19. The molecule has 0 saturated carbocycles. The van der Waals surface area contributed by atoms with Crippen molar-refractivity contribution in [1.29, 1.82) is 0 Å². The highest BCUT2D eigenvalue weighted by Crippen LogP contribution is 2.25. The van der Waals surface area contributed by atoms with Crippen LogP contribution >= 0.6 is 0 Å². The molecule has 0 bridgehead atoms. The normalized spacial score (nSPS) is 11.0. The molecule has 0 atom stereocenters. The number of fused-ring (bicyclic) bond motifs is 1. The number of nitrogens with one attached hydrogen (secondary N) is 1. The van der Waals surface area contributed by atoms with Gasteiger partial charge in [0.05, 0.1) is 24.3 Å². The molecule has 3 heteroatoms. The zero-order chi connectivity index (χ0) is 13.1. The van der Waals surface area contributed by atoms with E-state index in [4.69, 9.17) is 4.74 Å². The Kier molecular flexibility index (Phi) is 3.29. The van der Waals surface area contributed by atoms with Crippen LogP contribution in [0.15, 0.2) is 48.8 Å². The molecule has 3 nitrogen and oxygen atoms in total. The fourth-order valence-corrected chi connectivity index (χ4v) is 2.22. The van der Waals surface area contributed by atoms with Crippen LogP contribution in [-0.2, 0) is 11.3 Å². The quantitative estimate of drug-likeness (QED) is 0.767. The predicted octanol–water partition coefficient (Wildman–Crippen LogP) is 3.77. The smallest absolute Gasteiger partial charge is 0.0936 e. The fraction of sp³-hybridized carbons (Fsp3) is 0.188. The molecule has 19 heavy (non-hydrogen) atoms. The Hall–Kier alpha value is -2.13. The van der Waals surface area contributed by atoms with E-state index < -0.39 is 0 Å². The minimum absolute atomic E-state index is 0.568. The number of hydrogen-bond acceptors (Lipinski definition) is 2. The fourth-order valence-electron chi connectivity index (χ4n) is 2.22. The van der Waals surface area contributed by atoms with Gasteiger partial charge in [-0.2, -0.15) is 0 Å². The monoisotopic (exact) mass is 252 g/mol. The van der Waals surface area contributed by atoms with Crippen LogP contribution in [0.5, 0.6) is 0 Å². The van der Waals surface area contributed by atoms with Gasteiger partial charge in [-0.3, -0.25) is 0 Å². The highest BCUT2D eigenvalue weighted by atomic mass is 16.5. The summed E-state index contributed by atoms with van der Waals surface area (Å²) in [7, 11) is 0. The number of nitrogens with zero attached hydrogens (tertiary/aromatic N) is 1. The van der Waals surface area contributed by atoms with Crippen molar-refractivity contribution in [3.05, 3.63) is 54.5 Å². The van der Waals surface area contributed by atoms with Gasteiger partial charge < -0.3 is 9.72 Å². The summed E-state index contributed by atoms with van der Waals surface area (Å²) in [5.74, 6) is 0. The first-order chi connectivity index (χ1) is 9.38. The highest BCUT2D eigenvalue weighted by Gasteiger charge is 2.08. The summed E-state index contributed by atoms with van der Waals surface area (Å²) >= 11 is 0. The molecule has 0 amide bonds. The molecule has 0 unspecified atom stereocenters. The van der Waals surface area contributed by atoms with Crippen LogP contribution in [0.4, 0.5) is 0 Å². The Labute approximate surface area is 112 Å². The van der Waals surface area contributed by atoms with Crippen molar-refractivity contribution in [2.24, 2.45) is 0 Å². The Bertz CT molecular complexity index is 688. The van der Waals surface area contributed by atoms with Gasteiger partial charge >= 0.3 is 0 Å². The minimum atomic E-state index is 0.568. The van der Waals surface area contributed by atoms with Gasteiger partial charge in [-0.1, -0.05) is 36.4 Å². The molecular formula is C16H16N2O. The predicted molar refractivity (Wildman–Crippen MR) is 76.9 cm³/mol. The van der Waals surface area contributed by atoms with Gasteiger partial charge in [0.25, 0.3) is 0 Å². The first-order valence-corrected chi connectivity index (χ1v) is 6.47. The lowest BCUT2D eigenvalue weighted by atomic mass is 10.0. The molecule has 1 N–H and O–H groups in total. The average molecular weight is 252 g/mol. The first kappa shape index (κ1) is 11.9. The van der Waals surface area contributed by atoms with Gasteiger partial charge in [0.2, 0.25) is 0 Å². The van der Waals surface area contributed by atoms with Gasteiger partial charge in [-0.05, 0) is 23.8 Å². The van der Waals surface area contributed by atoms with Crippen LogP contribution in [0, 0.1) is 0 Å². The molecule has 0 aliphatic carbocycles. The minimum Gasteiger partial charge on any atom is -0.375 e. The first-order valence-electron chi connectivity index (χ1n) is 6.47. The number of H-pyrrole nitrogens is 1. The summed E-state index contributed by atoms with van der Waals surface area (Å²) in [6, 6.07) is 14.7. The molecule has 2 aromatic carbocycles. The van der Waals surface area contributed by atoms with Crippen LogP contribution in [0.3, 0.4) is 0 Å². The van der Waals surface area contributed by atoms with E-state index in [0.717, 1.165) is 17.0 Å². The summed E-state index contributed by atoms with van der Waals surface area (Å²) in [6.45, 7) is 3.26. The molecule has 0 spiro atoms. The van der Waals surface area contributed by atoms with Crippen molar-refractivity contribution in [2.75, 3.05) is 6.61 Å². The van der Waals surface area contributed by atoms with Gasteiger partial charge in [-0.25, -0.2) is 4.98 Å². The van der Waals surface area contributed by atoms with E-state index in [1.165, 1.54) is 10.8 Å². The second kappa shape index (κ2) is 5.24. The largest absolute Gasteiger partial charge is 0.375 e. The zero-order valence-electron chi connectivity index (χ0n) is 10.9. The second-order valence-electron chi connectivity index (χ2n) is 4.43. The Morgan fingerprint density at radius 2 is 1.95 bits per heavy atom. The molecule has 3 aromatic rings. The third-order valence-electron chi connectivity index (χ3n) is 3.19. The summed E-state index contributed by atoms with van der Waals surface area (Å²) < 4.78 is 5.46. The number of imidazole rings is 1. The van der Waals surface area contributed by atoms with Gasteiger partial charge in [0, 0.05) is 12.2 Å². The SMILES string of the molecule is CCOCc1[nH]cnc1-c1ccc2ccccc2c1. The van der Waals surface area contributed by atoms with Crippen molar-refractivity contribution < 1.29 is 4.74 Å². The van der Waals surface area contributed by atoms with Crippen LogP contribution in [-0.4, -0.2) is 16.6 Å². The molecular weight excluding hydrogens is 236 g/mol. The lowest BCUT2D eigenvalue weighted by Crippen LogP contribution is -1.94. The number of rotatable bonds is 4. The number of hydrogen-bond donors (Lipinski definition) is 1. The highest BCUT2D eigenvalue weighted by molar-refractivity contribution is 5.87. The van der Waals surface area contributed by atoms with Gasteiger partial charge in [0.1, 0.15) is 0 Å². The molecule has 0 aliphatic rings. The maximum atomic E-state index is 5.46. The van der Waals surface area contributed by atoms with E-state index in [2.05, 4.69) is 52.4 Å². The van der Waals surface area contributed by atoms with E-state index >= 15 is 0 Å². The average Bonchev–Trinajstić information content (AvgIpc) is 2.93. The van der Waals surface area contributed by atoms with Crippen molar-refractivity contribution >= 4 is 10.8 Å². The van der Waals surface area contributed by atoms with Crippen LogP contribution in [0.1, 0.15) is 12.6 Å². The number of aromatic nitrogens is 2. The number of ether oxygens (including phenoxy) is 1. The molecule has 3 rings (SSSR count). The van der Waals surface area contributed by atoms with Gasteiger partial charge in [0.15, 0.2) is 0 Å². The molecule has 1 aromatic heterocycles. The topological polar surface area (TPSA) is 37.9 Å². The maximum absolute atomic E-state index is 5.46. The Morgan fingerprint density at radius 3 is 2.79 bits per heavy atom. The van der Waals surface area contributed by atoms with E-state index in [1.807, 2.05) is 6.92 Å². The van der Waals surface area contributed by atoms with Gasteiger partial charge in [-0.15, -0.1) is 0 Å². The summed E-state index contributed by atoms with van der Waals surface area (Å²) in [5.41, 5.74) is 3.12. The van der Waals surface area contributed by atoms with Crippen molar-refractivity contribution in [3.63, 3.8) is 0 Å². The second-order valence-corrected chi connectivity index (χ2v) is 4.43. The van der Waals surface area contributed by atoms with Crippen LogP contribution in [0.2, 0.25) is 0 Å². The number of aromatic amines is 1. The maximum Gasteiger partial charge on any atom is 0.0936 e. The summed E-state index contributed by atoms with van der Waals surface area (Å²) in [5, 5.41) is 2.47. The standard InChI is InChI=1S/C16H16N2O/c1-2-19-10-15-16(18-11-17-15)14-8-7-12-5-3-4-6-13(12)9-14/h3-9,11H,2,10H2,1H3,(H,17,18). The molecule has 96 valence electrons. The van der Waals surface area contributed by atoms with E-state index in [0.29, 0.717) is 13.2 Å². The zero-order valence-corrected chi connectivity index (χ0v) is 10.9. The van der Waals surface area contributed by atoms with Crippen LogP contribution < -0.4 is 0 Å². The molecule has 1 heterocycles. The van der Waals surface area contributed by atoms with E-state index in [1.54, 1.807) is 6.33 Å². The summed E-state index contributed by atoms with van der Waals surface area (Å²) in [4.78, 5) is 7.56.